The summed E-state index contributed by atoms with van der Waals surface area (Å²) in [5.74, 6) is 0.833. The van der Waals surface area contributed by atoms with Crippen molar-refractivity contribution in [2.75, 3.05) is 0 Å². The summed E-state index contributed by atoms with van der Waals surface area (Å²) in [5, 5.41) is 8.38. The summed E-state index contributed by atoms with van der Waals surface area (Å²) in [4.78, 5) is 0. The van der Waals surface area contributed by atoms with Gasteiger partial charge in [0, 0.05) is 11.1 Å². The van der Waals surface area contributed by atoms with Gasteiger partial charge < -0.3 is 0 Å². The standard InChI is InChI=1S/C12H21N3.C4H10/c1-6-8-12(4,5)11-9-15(14-13-11)10(3)7-2;1-4(2)3/h7,9H,6,8H2,1-5H3;4H,1-3H3/b10-7+;. The second-order valence-electron chi connectivity index (χ2n) is 6.34. The van der Waals surface area contributed by atoms with Gasteiger partial charge in [0.15, 0.2) is 0 Å². The fourth-order valence-electron chi connectivity index (χ4n) is 1.63. The number of rotatable bonds is 4. The van der Waals surface area contributed by atoms with Gasteiger partial charge >= 0.3 is 0 Å². The minimum atomic E-state index is 0.126. The molecule has 0 atom stereocenters. The maximum Gasteiger partial charge on any atom is 0.0887 e. The fourth-order valence-corrected chi connectivity index (χ4v) is 1.63. The monoisotopic (exact) mass is 265 g/mol. The van der Waals surface area contributed by atoms with E-state index in [1.165, 1.54) is 6.42 Å². The predicted molar refractivity (Wildman–Crippen MR) is 84.1 cm³/mol. The Morgan fingerprint density at radius 2 is 1.89 bits per heavy atom. The largest absolute Gasteiger partial charge is 0.225 e. The molecule has 0 aromatic carbocycles. The van der Waals surface area contributed by atoms with E-state index in [0.29, 0.717) is 0 Å². The zero-order valence-corrected chi connectivity index (χ0v) is 14.0. The van der Waals surface area contributed by atoms with Crippen molar-refractivity contribution in [2.45, 2.75) is 73.6 Å². The van der Waals surface area contributed by atoms with Crippen LogP contribution in [0.4, 0.5) is 0 Å². The van der Waals surface area contributed by atoms with E-state index in [-0.39, 0.29) is 5.41 Å². The van der Waals surface area contributed by atoms with E-state index in [4.69, 9.17) is 0 Å². The summed E-state index contributed by atoms with van der Waals surface area (Å²) >= 11 is 0. The third-order valence-electron chi connectivity index (χ3n) is 2.84. The number of hydrogen-bond acceptors (Lipinski definition) is 2. The van der Waals surface area contributed by atoms with Gasteiger partial charge in [-0.25, -0.2) is 4.68 Å². The van der Waals surface area contributed by atoms with Gasteiger partial charge in [0.1, 0.15) is 0 Å². The summed E-state index contributed by atoms with van der Waals surface area (Å²) in [6, 6.07) is 0. The zero-order valence-electron chi connectivity index (χ0n) is 14.0. The Morgan fingerprint density at radius 1 is 1.37 bits per heavy atom. The first-order valence-corrected chi connectivity index (χ1v) is 7.30. The first-order valence-electron chi connectivity index (χ1n) is 7.30. The lowest BCUT2D eigenvalue weighted by Gasteiger charge is -2.20. The lowest BCUT2D eigenvalue weighted by atomic mass is 9.85. The molecule has 0 saturated heterocycles. The molecule has 0 unspecified atom stereocenters. The molecule has 110 valence electrons. The van der Waals surface area contributed by atoms with Crippen LogP contribution in [0.5, 0.6) is 0 Å². The minimum Gasteiger partial charge on any atom is -0.225 e. The van der Waals surface area contributed by atoms with Crippen molar-refractivity contribution in [1.82, 2.24) is 15.0 Å². The Balaban J connectivity index is 0.000000711. The van der Waals surface area contributed by atoms with E-state index in [1.54, 1.807) is 0 Å². The summed E-state index contributed by atoms with van der Waals surface area (Å²) in [6.45, 7) is 17.2. The van der Waals surface area contributed by atoms with E-state index < -0.39 is 0 Å². The van der Waals surface area contributed by atoms with Crippen molar-refractivity contribution in [3.05, 3.63) is 18.0 Å². The lowest BCUT2D eigenvalue weighted by Crippen LogP contribution is -2.17. The van der Waals surface area contributed by atoms with Crippen molar-refractivity contribution in [3.8, 4) is 0 Å². The highest BCUT2D eigenvalue weighted by Crippen LogP contribution is 2.26. The maximum atomic E-state index is 4.25. The van der Waals surface area contributed by atoms with Gasteiger partial charge in [-0.3, -0.25) is 0 Å². The molecule has 0 amide bonds. The zero-order chi connectivity index (χ0) is 15.1. The van der Waals surface area contributed by atoms with Crippen molar-refractivity contribution in [2.24, 2.45) is 5.92 Å². The quantitative estimate of drug-likeness (QED) is 0.775. The summed E-state index contributed by atoms with van der Waals surface area (Å²) in [6.07, 6.45) is 6.37. The third-order valence-corrected chi connectivity index (χ3v) is 2.84. The number of aromatic nitrogens is 3. The Kier molecular flexibility index (Phi) is 7.65. The molecule has 0 saturated carbocycles. The van der Waals surface area contributed by atoms with Crippen molar-refractivity contribution >= 4 is 5.70 Å². The molecule has 0 radical (unpaired) electrons. The van der Waals surface area contributed by atoms with E-state index in [0.717, 1.165) is 23.7 Å². The minimum absolute atomic E-state index is 0.126. The van der Waals surface area contributed by atoms with Crippen LogP contribution in [0, 0.1) is 5.92 Å². The molecule has 0 fully saturated rings. The van der Waals surface area contributed by atoms with Gasteiger partial charge in [-0.05, 0) is 26.2 Å². The molecule has 0 aliphatic carbocycles. The van der Waals surface area contributed by atoms with Gasteiger partial charge in [-0.15, -0.1) is 5.10 Å². The van der Waals surface area contributed by atoms with Crippen LogP contribution < -0.4 is 0 Å². The number of allylic oxidation sites excluding steroid dienone is 2. The Bertz CT molecular complexity index is 384. The van der Waals surface area contributed by atoms with Crippen LogP contribution in [0.15, 0.2) is 12.3 Å². The second kappa shape index (κ2) is 8.13. The SMILES string of the molecule is C/C=C(\C)n1cc(C(C)(C)CCC)nn1.CC(C)C. The summed E-state index contributed by atoms with van der Waals surface area (Å²) < 4.78 is 1.84. The topological polar surface area (TPSA) is 30.7 Å². The summed E-state index contributed by atoms with van der Waals surface area (Å²) in [5.41, 5.74) is 2.31. The molecular weight excluding hydrogens is 234 g/mol. The van der Waals surface area contributed by atoms with Crippen molar-refractivity contribution < 1.29 is 0 Å². The molecule has 0 aliphatic heterocycles. The third kappa shape index (κ3) is 6.55. The summed E-state index contributed by atoms with van der Waals surface area (Å²) in [7, 11) is 0. The normalized spacial score (nSPS) is 12.4. The lowest BCUT2D eigenvalue weighted by molar-refractivity contribution is 0.458. The van der Waals surface area contributed by atoms with Gasteiger partial charge in [-0.1, -0.05) is 59.3 Å². The molecule has 3 nitrogen and oxygen atoms in total. The number of hydrogen-bond donors (Lipinski definition) is 0. The van der Waals surface area contributed by atoms with Crippen molar-refractivity contribution in [3.63, 3.8) is 0 Å². The van der Waals surface area contributed by atoms with Crippen LogP contribution >= 0.6 is 0 Å². The molecule has 0 aliphatic rings. The van der Waals surface area contributed by atoms with Crippen LogP contribution in [-0.4, -0.2) is 15.0 Å². The highest BCUT2D eigenvalue weighted by atomic mass is 15.4. The van der Waals surface area contributed by atoms with Gasteiger partial charge in [0.2, 0.25) is 0 Å². The first kappa shape index (κ1) is 17.9. The second-order valence-corrected chi connectivity index (χ2v) is 6.34. The molecule has 1 aromatic rings. The average Bonchev–Trinajstić information content (AvgIpc) is 2.77. The Labute approximate surface area is 119 Å². The smallest absolute Gasteiger partial charge is 0.0887 e. The molecule has 1 rings (SSSR count). The first-order chi connectivity index (χ1) is 8.74. The van der Waals surface area contributed by atoms with Gasteiger partial charge in [0.25, 0.3) is 0 Å². The molecule has 0 N–H and O–H groups in total. The van der Waals surface area contributed by atoms with Crippen LogP contribution in [0.3, 0.4) is 0 Å². The van der Waals surface area contributed by atoms with Crippen LogP contribution in [-0.2, 0) is 5.41 Å². The molecule has 0 spiro atoms. The molecule has 1 heterocycles. The van der Waals surface area contributed by atoms with Gasteiger partial charge in [-0.2, -0.15) is 0 Å². The van der Waals surface area contributed by atoms with Crippen molar-refractivity contribution in [1.29, 1.82) is 0 Å². The van der Waals surface area contributed by atoms with Crippen LogP contribution in [0.1, 0.15) is 73.9 Å². The van der Waals surface area contributed by atoms with E-state index >= 15 is 0 Å². The predicted octanol–water partition coefficient (Wildman–Crippen LogP) is 4.90. The molecule has 0 bridgehead atoms. The van der Waals surface area contributed by atoms with E-state index in [9.17, 15) is 0 Å². The maximum absolute atomic E-state index is 4.25. The molecule has 19 heavy (non-hydrogen) atoms. The average molecular weight is 265 g/mol. The highest BCUT2D eigenvalue weighted by Gasteiger charge is 2.23. The van der Waals surface area contributed by atoms with Crippen LogP contribution in [0.25, 0.3) is 5.70 Å². The number of nitrogens with zero attached hydrogens (tertiary/aromatic N) is 3. The molecule has 1 aromatic heterocycles. The fraction of sp³-hybridized carbons (Fsp3) is 0.750. The Morgan fingerprint density at radius 3 is 2.32 bits per heavy atom. The molecular formula is C16H31N3. The van der Waals surface area contributed by atoms with Gasteiger partial charge in [0.05, 0.1) is 11.9 Å². The van der Waals surface area contributed by atoms with E-state index in [1.807, 2.05) is 30.8 Å². The highest BCUT2D eigenvalue weighted by molar-refractivity contribution is 5.39. The van der Waals surface area contributed by atoms with Crippen LogP contribution in [0.2, 0.25) is 0 Å². The molecule has 3 heteroatoms. The van der Waals surface area contributed by atoms with E-state index in [2.05, 4.69) is 51.9 Å². The Hall–Kier alpha value is -1.12.